The number of nitrogens with one attached hydrogen (secondary N) is 1. The van der Waals surface area contributed by atoms with Crippen LogP contribution in [0, 0.1) is 18.7 Å². The van der Waals surface area contributed by atoms with E-state index < -0.39 is 36.9 Å². The van der Waals surface area contributed by atoms with E-state index in [2.05, 4.69) is 10.4 Å². The highest BCUT2D eigenvalue weighted by molar-refractivity contribution is 5.97. The van der Waals surface area contributed by atoms with E-state index in [4.69, 9.17) is 15.2 Å². The van der Waals surface area contributed by atoms with Crippen LogP contribution in [0.3, 0.4) is 0 Å². The number of anilines is 1. The number of nitrogens with two attached hydrogens (primary N) is 1. The van der Waals surface area contributed by atoms with E-state index in [1.165, 1.54) is 24.3 Å². The van der Waals surface area contributed by atoms with Gasteiger partial charge in [0, 0.05) is 11.1 Å². The highest BCUT2D eigenvalue weighted by Crippen LogP contribution is 2.40. The van der Waals surface area contributed by atoms with Crippen LogP contribution in [0.5, 0.6) is 5.75 Å². The molecule has 8 nitrogen and oxygen atoms in total. The molecule has 1 aliphatic rings. The number of hydrogen-bond acceptors (Lipinski definition) is 6. The van der Waals surface area contributed by atoms with E-state index in [1.807, 2.05) is 13.8 Å². The van der Waals surface area contributed by atoms with Crippen molar-refractivity contribution in [1.82, 2.24) is 9.78 Å². The molecule has 0 unspecified atom stereocenters. The molecule has 2 heterocycles. The number of ether oxygens (including phenoxy) is 2. The number of esters is 1. The number of nitrogens with zero attached hydrogens (tertiary/aromatic N) is 2. The first-order chi connectivity index (χ1) is 17.9. The molecule has 0 fully saturated rings. The molecule has 0 saturated carbocycles. The number of benzene rings is 2. The number of fused-ring (bicyclic) bond motifs is 1. The second kappa shape index (κ2) is 12.1. The number of rotatable bonds is 9. The molecule has 3 N–H and O–H groups in total. The fourth-order valence-electron chi connectivity index (χ4n) is 4.33. The minimum Gasteiger partial charge on any atom is -0.482 e. The van der Waals surface area contributed by atoms with Gasteiger partial charge in [0.05, 0.1) is 17.1 Å². The lowest BCUT2D eigenvalue weighted by molar-refractivity contribution is -0.158. The van der Waals surface area contributed by atoms with Crippen LogP contribution in [0.4, 0.5) is 18.9 Å². The maximum absolute atomic E-state index is 15.1. The van der Waals surface area contributed by atoms with Crippen molar-refractivity contribution in [3.05, 3.63) is 54.0 Å². The molecule has 1 atom stereocenters. The lowest BCUT2D eigenvalue weighted by Crippen LogP contribution is -2.38. The summed E-state index contributed by atoms with van der Waals surface area (Å²) in [6.07, 6.45) is 0.313. The molecule has 2 aromatic carbocycles. The Morgan fingerprint density at radius 3 is 2.54 bits per heavy atom. The molecular weight excluding hydrogens is 537 g/mol. The topological polar surface area (TPSA) is 108 Å². The third kappa shape index (κ3) is 7.10. The molecular formula is C27H30ClF3N4O4. The average Bonchev–Trinajstić information content (AvgIpc) is 3.16. The zero-order valence-electron chi connectivity index (χ0n) is 21.7. The first-order valence-electron chi connectivity index (χ1n) is 12.1. The summed E-state index contributed by atoms with van der Waals surface area (Å²) in [5.74, 6) is -4.59. The summed E-state index contributed by atoms with van der Waals surface area (Å²) in [5.41, 5.74) is 8.49. The van der Waals surface area contributed by atoms with Gasteiger partial charge in [0.2, 0.25) is 0 Å². The maximum atomic E-state index is 15.1. The van der Waals surface area contributed by atoms with Gasteiger partial charge >= 0.3 is 11.9 Å². The maximum Gasteiger partial charge on any atom is 0.323 e. The van der Waals surface area contributed by atoms with Gasteiger partial charge in [0.15, 0.2) is 13.2 Å². The van der Waals surface area contributed by atoms with E-state index in [1.54, 1.807) is 25.1 Å². The van der Waals surface area contributed by atoms with Crippen molar-refractivity contribution < 1.29 is 32.2 Å². The van der Waals surface area contributed by atoms with Crippen LogP contribution in [-0.4, -0.2) is 46.8 Å². The zero-order chi connectivity index (χ0) is 27.6. The normalized spacial score (nSPS) is 13.7. The molecule has 0 bridgehead atoms. The predicted octanol–water partition coefficient (Wildman–Crippen LogP) is 4.97. The van der Waals surface area contributed by atoms with Crippen LogP contribution in [0.1, 0.15) is 26.0 Å². The monoisotopic (exact) mass is 566 g/mol. The Morgan fingerprint density at radius 2 is 1.87 bits per heavy atom. The first kappa shape index (κ1) is 30.0. The lowest BCUT2D eigenvalue weighted by Gasteiger charge is -2.21. The highest BCUT2D eigenvalue weighted by atomic mass is 35.5. The number of hydrogen-bond donors (Lipinski definition) is 2. The quantitative estimate of drug-likeness (QED) is 0.354. The molecule has 0 saturated heterocycles. The number of halogens is 4. The fourth-order valence-corrected chi connectivity index (χ4v) is 4.33. The summed E-state index contributed by atoms with van der Waals surface area (Å²) in [7, 11) is 0. The molecule has 1 aromatic heterocycles. The van der Waals surface area contributed by atoms with Crippen molar-refractivity contribution in [3.63, 3.8) is 0 Å². The molecule has 4 rings (SSSR count). The SMILES string of the molecule is Cc1nn(CC(F)(F)COC(=O)[C@@H](N)CC(C)C)c(-c2ccc(F)cc2)c1-c1ccc2c(c1)NC(=O)CO2.Cl. The van der Waals surface area contributed by atoms with Crippen molar-refractivity contribution in [3.8, 4) is 28.1 Å². The standard InChI is InChI=1S/C27H29F3N4O4.ClH/c1-15(2)10-20(31)26(36)38-14-27(29,30)13-34-25(17-4-7-19(28)8-5-17)24(16(3)33-34)18-6-9-22-21(11-18)32-23(35)12-37-22;/h4-9,11,15,20H,10,12-14,31H2,1-3H3,(H,32,35);1H/t20-;/m0./s1. The number of carbonyl (C=O) groups is 2. The average molecular weight is 567 g/mol. The van der Waals surface area contributed by atoms with Crippen LogP contribution in [0.2, 0.25) is 0 Å². The fraction of sp³-hybridized carbons (Fsp3) is 0.370. The molecule has 0 spiro atoms. The van der Waals surface area contributed by atoms with Gasteiger partial charge in [-0.05, 0) is 61.2 Å². The van der Waals surface area contributed by atoms with E-state index >= 15 is 8.78 Å². The number of alkyl halides is 2. The van der Waals surface area contributed by atoms with Crippen LogP contribution in [-0.2, 0) is 20.9 Å². The van der Waals surface area contributed by atoms with Crippen molar-refractivity contribution in [2.75, 3.05) is 18.5 Å². The minimum atomic E-state index is -3.48. The van der Waals surface area contributed by atoms with Crippen molar-refractivity contribution in [2.45, 2.75) is 45.7 Å². The van der Waals surface area contributed by atoms with Crippen LogP contribution < -0.4 is 15.8 Å². The Hall–Kier alpha value is -3.57. The Kier molecular flexibility index (Phi) is 9.29. The molecule has 3 aromatic rings. The smallest absolute Gasteiger partial charge is 0.323 e. The van der Waals surface area contributed by atoms with Gasteiger partial charge in [-0.25, -0.2) is 13.2 Å². The Morgan fingerprint density at radius 1 is 1.21 bits per heavy atom. The highest BCUT2D eigenvalue weighted by Gasteiger charge is 2.35. The van der Waals surface area contributed by atoms with E-state index in [0.29, 0.717) is 45.9 Å². The molecule has 1 aliphatic heterocycles. The summed E-state index contributed by atoms with van der Waals surface area (Å²) in [5, 5.41) is 7.09. The largest absolute Gasteiger partial charge is 0.482 e. The van der Waals surface area contributed by atoms with Crippen LogP contribution in [0.15, 0.2) is 42.5 Å². The van der Waals surface area contributed by atoms with Gasteiger partial charge in [0.25, 0.3) is 5.91 Å². The molecule has 39 heavy (non-hydrogen) atoms. The third-order valence-electron chi connectivity index (χ3n) is 5.98. The number of aryl methyl sites for hydroxylation is 1. The third-order valence-corrected chi connectivity index (χ3v) is 5.98. The van der Waals surface area contributed by atoms with Gasteiger partial charge in [-0.2, -0.15) is 5.10 Å². The molecule has 0 aliphatic carbocycles. The molecule has 210 valence electrons. The molecule has 0 radical (unpaired) electrons. The van der Waals surface area contributed by atoms with Crippen molar-refractivity contribution >= 4 is 30.0 Å². The Balaban J connectivity index is 0.00000420. The second-order valence-electron chi connectivity index (χ2n) is 9.72. The summed E-state index contributed by atoms with van der Waals surface area (Å²) in [6, 6.07) is 9.47. The Bertz CT molecular complexity index is 1350. The summed E-state index contributed by atoms with van der Waals surface area (Å²) < 4.78 is 55.2. The van der Waals surface area contributed by atoms with E-state index in [-0.39, 0.29) is 30.8 Å². The zero-order valence-corrected chi connectivity index (χ0v) is 22.5. The predicted molar refractivity (Wildman–Crippen MR) is 143 cm³/mol. The van der Waals surface area contributed by atoms with Gasteiger partial charge < -0.3 is 20.5 Å². The first-order valence-corrected chi connectivity index (χ1v) is 12.1. The van der Waals surface area contributed by atoms with Crippen LogP contribution in [0.25, 0.3) is 22.4 Å². The minimum absolute atomic E-state index is 0. The lowest BCUT2D eigenvalue weighted by atomic mass is 9.98. The number of amides is 1. The van der Waals surface area contributed by atoms with Gasteiger partial charge in [-0.15, -0.1) is 12.4 Å². The van der Waals surface area contributed by atoms with Crippen LogP contribution >= 0.6 is 12.4 Å². The number of aromatic nitrogens is 2. The van der Waals surface area contributed by atoms with Gasteiger partial charge in [0.1, 0.15) is 24.2 Å². The Labute approximate surface area is 230 Å². The van der Waals surface area contributed by atoms with E-state index in [0.717, 1.165) is 4.68 Å². The van der Waals surface area contributed by atoms with Crippen molar-refractivity contribution in [1.29, 1.82) is 0 Å². The summed E-state index contributed by atoms with van der Waals surface area (Å²) in [6.45, 7) is 3.21. The molecule has 12 heteroatoms. The van der Waals surface area contributed by atoms with Gasteiger partial charge in [-0.1, -0.05) is 19.9 Å². The second-order valence-corrected chi connectivity index (χ2v) is 9.72. The van der Waals surface area contributed by atoms with Gasteiger partial charge in [-0.3, -0.25) is 14.3 Å². The summed E-state index contributed by atoms with van der Waals surface area (Å²) >= 11 is 0. The van der Waals surface area contributed by atoms with Crippen molar-refractivity contribution in [2.24, 2.45) is 11.7 Å². The van der Waals surface area contributed by atoms with E-state index in [9.17, 15) is 14.0 Å². The summed E-state index contributed by atoms with van der Waals surface area (Å²) in [4.78, 5) is 23.9. The molecule has 1 amide bonds. The number of carbonyl (C=O) groups excluding carboxylic acids is 2.